The van der Waals surface area contributed by atoms with E-state index < -0.39 is 21.8 Å². The Morgan fingerprint density at radius 2 is 1.74 bits per heavy atom. The average Bonchev–Trinajstić information content (AvgIpc) is 3.00. The number of ether oxygens (including phenoxy) is 2. The monoisotopic (exact) mass is 450 g/mol. The van der Waals surface area contributed by atoms with Gasteiger partial charge in [0.1, 0.15) is 12.6 Å². The highest BCUT2D eigenvalue weighted by Gasteiger charge is 2.48. The van der Waals surface area contributed by atoms with Crippen LogP contribution < -0.4 is 4.72 Å². The topological polar surface area (TPSA) is 84.9 Å². The van der Waals surface area contributed by atoms with Crippen LogP contribution in [0.15, 0.2) is 30.3 Å². The van der Waals surface area contributed by atoms with E-state index in [9.17, 15) is 13.8 Å². The maximum atomic E-state index is 12.8. The van der Waals surface area contributed by atoms with Crippen molar-refractivity contribution >= 4 is 23.0 Å². The first-order valence-corrected chi connectivity index (χ1v) is 12.2. The third-order valence-corrected chi connectivity index (χ3v) is 7.57. The second-order valence-corrected chi connectivity index (χ2v) is 11.3. The number of hydrogen-bond acceptors (Lipinski definition) is 5. The van der Waals surface area contributed by atoms with Crippen LogP contribution in [0, 0.1) is 5.92 Å². The standard InChI is InChI=1S/C23H34N2O5S/c1-5-29-21(26)20(24-31(28)23(2,3)4)17-13-18-11-12-19(14-17)25(18)22(27)30-15-16-9-7-6-8-10-16/h6-10,17-20,24H,5,11-15H2,1-4H3/t17?,18?,19?,20-,31-/m0/s1. The second kappa shape index (κ2) is 10.1. The molecular formula is C23H34N2O5S. The number of piperidine rings is 1. The van der Waals surface area contributed by atoms with Crippen LogP contribution >= 0.6 is 0 Å². The lowest BCUT2D eigenvalue weighted by Gasteiger charge is -2.40. The van der Waals surface area contributed by atoms with E-state index >= 15 is 0 Å². The molecule has 2 saturated heterocycles. The van der Waals surface area contributed by atoms with Crippen molar-refractivity contribution in [1.29, 1.82) is 0 Å². The Balaban J connectivity index is 1.66. The largest absolute Gasteiger partial charge is 0.465 e. The molecule has 1 N–H and O–H groups in total. The molecule has 2 bridgehead atoms. The molecule has 0 saturated carbocycles. The molecule has 31 heavy (non-hydrogen) atoms. The van der Waals surface area contributed by atoms with Crippen LogP contribution in [0.2, 0.25) is 0 Å². The quantitative estimate of drug-likeness (QED) is 0.642. The van der Waals surface area contributed by atoms with Gasteiger partial charge in [0.05, 0.1) is 22.3 Å². The molecule has 172 valence electrons. The summed E-state index contributed by atoms with van der Waals surface area (Å²) in [5, 5.41) is 0. The molecule has 1 amide bonds. The molecule has 0 spiro atoms. The first-order valence-electron chi connectivity index (χ1n) is 11.0. The fourth-order valence-electron chi connectivity index (χ4n) is 4.44. The number of nitrogens with zero attached hydrogens (tertiary/aromatic N) is 1. The van der Waals surface area contributed by atoms with Gasteiger partial charge >= 0.3 is 12.1 Å². The number of nitrogens with one attached hydrogen (secondary N) is 1. The summed E-state index contributed by atoms with van der Waals surface area (Å²) >= 11 is 0. The Bertz CT molecular complexity index is 781. The van der Waals surface area contributed by atoms with Gasteiger partial charge in [0.2, 0.25) is 0 Å². The van der Waals surface area contributed by atoms with Crippen molar-refractivity contribution in [2.45, 2.75) is 82.9 Å². The number of fused-ring (bicyclic) bond motifs is 2. The number of esters is 1. The minimum atomic E-state index is -1.39. The number of hydrogen-bond donors (Lipinski definition) is 1. The summed E-state index contributed by atoms with van der Waals surface area (Å²) in [6, 6.07) is 9.02. The molecule has 2 aliphatic rings. The highest BCUT2D eigenvalue weighted by Crippen LogP contribution is 2.40. The first-order chi connectivity index (χ1) is 14.7. The van der Waals surface area contributed by atoms with Crippen LogP contribution in [0.1, 0.15) is 58.9 Å². The third kappa shape index (κ3) is 5.86. The number of carbonyl (C=O) groups excluding carboxylic acids is 2. The molecule has 0 radical (unpaired) electrons. The number of amides is 1. The normalized spacial score (nSPS) is 25.0. The molecule has 2 unspecified atom stereocenters. The Morgan fingerprint density at radius 3 is 2.29 bits per heavy atom. The van der Waals surface area contributed by atoms with Crippen molar-refractivity contribution in [3.8, 4) is 0 Å². The van der Waals surface area contributed by atoms with Gasteiger partial charge in [0.15, 0.2) is 0 Å². The molecule has 2 fully saturated rings. The molecule has 2 heterocycles. The Kier molecular flexibility index (Phi) is 7.75. The van der Waals surface area contributed by atoms with Crippen LogP contribution in [0.25, 0.3) is 0 Å². The van der Waals surface area contributed by atoms with E-state index in [1.54, 1.807) is 6.92 Å². The van der Waals surface area contributed by atoms with E-state index in [1.165, 1.54) is 0 Å². The molecule has 8 heteroatoms. The van der Waals surface area contributed by atoms with Crippen molar-refractivity contribution in [3.05, 3.63) is 35.9 Å². The predicted octanol–water partition coefficient (Wildman–Crippen LogP) is 3.55. The minimum absolute atomic E-state index is 0.0221. The van der Waals surface area contributed by atoms with E-state index in [0.29, 0.717) is 12.8 Å². The van der Waals surface area contributed by atoms with Gasteiger partial charge in [-0.2, -0.15) is 0 Å². The van der Waals surface area contributed by atoms with Crippen molar-refractivity contribution in [2.75, 3.05) is 6.61 Å². The van der Waals surface area contributed by atoms with Gasteiger partial charge in [-0.3, -0.25) is 4.79 Å². The first kappa shape index (κ1) is 23.7. The number of carbonyl (C=O) groups is 2. The lowest BCUT2D eigenvalue weighted by atomic mass is 9.85. The van der Waals surface area contributed by atoms with Crippen LogP contribution in [-0.2, 0) is 31.9 Å². The zero-order chi connectivity index (χ0) is 22.6. The SMILES string of the molecule is CCOC(=O)[C@@H](N[S@@](=O)C(C)(C)C)C1CC2CCC(C1)N2C(=O)OCc1ccccc1. The van der Waals surface area contributed by atoms with Gasteiger partial charge in [-0.15, -0.1) is 0 Å². The Labute approximate surface area is 187 Å². The van der Waals surface area contributed by atoms with Gasteiger partial charge in [0.25, 0.3) is 0 Å². The summed E-state index contributed by atoms with van der Waals surface area (Å²) in [4.78, 5) is 27.3. The van der Waals surface area contributed by atoms with Crippen LogP contribution in [0.4, 0.5) is 4.79 Å². The summed E-state index contributed by atoms with van der Waals surface area (Å²) < 4.78 is 26.1. The molecule has 2 aliphatic heterocycles. The number of benzene rings is 1. The van der Waals surface area contributed by atoms with Crippen LogP contribution in [0.5, 0.6) is 0 Å². The second-order valence-electron chi connectivity index (χ2n) is 9.29. The maximum Gasteiger partial charge on any atom is 0.410 e. The molecular weight excluding hydrogens is 416 g/mol. The molecule has 1 aromatic carbocycles. The Morgan fingerprint density at radius 1 is 1.13 bits per heavy atom. The summed E-state index contributed by atoms with van der Waals surface area (Å²) in [5.74, 6) is -0.411. The fourth-order valence-corrected chi connectivity index (χ4v) is 5.32. The zero-order valence-electron chi connectivity index (χ0n) is 18.8. The minimum Gasteiger partial charge on any atom is -0.465 e. The van der Waals surface area contributed by atoms with Gasteiger partial charge < -0.3 is 14.4 Å². The lowest BCUT2D eigenvalue weighted by molar-refractivity contribution is -0.147. The molecule has 1 aromatic rings. The van der Waals surface area contributed by atoms with Gasteiger partial charge in [-0.05, 0) is 64.9 Å². The zero-order valence-corrected chi connectivity index (χ0v) is 19.7. The summed E-state index contributed by atoms with van der Waals surface area (Å²) in [5.41, 5.74) is 0.953. The van der Waals surface area contributed by atoms with Gasteiger partial charge in [-0.25, -0.2) is 13.7 Å². The third-order valence-electron chi connectivity index (χ3n) is 5.99. The summed E-state index contributed by atoms with van der Waals surface area (Å²) in [6.07, 6.45) is 2.80. The summed E-state index contributed by atoms with van der Waals surface area (Å²) in [6.45, 7) is 7.89. The highest BCUT2D eigenvalue weighted by molar-refractivity contribution is 7.84. The van der Waals surface area contributed by atoms with Gasteiger partial charge in [-0.1, -0.05) is 30.3 Å². The fraction of sp³-hybridized carbons (Fsp3) is 0.652. The highest BCUT2D eigenvalue weighted by atomic mass is 32.2. The molecule has 0 aliphatic carbocycles. The van der Waals surface area contributed by atoms with E-state index in [1.807, 2.05) is 56.0 Å². The predicted molar refractivity (Wildman–Crippen MR) is 119 cm³/mol. The maximum absolute atomic E-state index is 12.8. The van der Waals surface area contributed by atoms with Crippen molar-refractivity contribution in [2.24, 2.45) is 5.92 Å². The van der Waals surface area contributed by atoms with Crippen molar-refractivity contribution < 1.29 is 23.3 Å². The van der Waals surface area contributed by atoms with Crippen molar-refractivity contribution in [3.63, 3.8) is 0 Å². The lowest BCUT2D eigenvalue weighted by Crippen LogP contribution is -2.54. The van der Waals surface area contributed by atoms with Crippen LogP contribution in [-0.4, -0.2) is 50.7 Å². The molecule has 0 aromatic heterocycles. The molecule has 4 atom stereocenters. The molecule has 7 nitrogen and oxygen atoms in total. The van der Waals surface area contributed by atoms with Crippen molar-refractivity contribution in [1.82, 2.24) is 9.62 Å². The van der Waals surface area contributed by atoms with Crippen LogP contribution in [0.3, 0.4) is 0 Å². The smallest absolute Gasteiger partial charge is 0.410 e. The van der Waals surface area contributed by atoms with Gasteiger partial charge in [0, 0.05) is 12.1 Å². The van der Waals surface area contributed by atoms with E-state index in [4.69, 9.17) is 9.47 Å². The molecule has 3 rings (SSSR count). The summed E-state index contributed by atoms with van der Waals surface area (Å²) in [7, 11) is -1.39. The average molecular weight is 451 g/mol. The van der Waals surface area contributed by atoms with E-state index in [0.717, 1.165) is 18.4 Å². The van der Waals surface area contributed by atoms with E-state index in [-0.39, 0.29) is 43.3 Å². The number of rotatable bonds is 7. The van der Waals surface area contributed by atoms with E-state index in [2.05, 4.69) is 4.72 Å². The Hall–Kier alpha value is -1.93.